The van der Waals surface area contributed by atoms with Crippen LogP contribution < -0.4 is 0 Å². The van der Waals surface area contributed by atoms with Gasteiger partial charge < -0.3 is 4.74 Å². The van der Waals surface area contributed by atoms with Gasteiger partial charge in [-0.05, 0) is 29.5 Å². The van der Waals surface area contributed by atoms with Crippen molar-refractivity contribution in [1.29, 1.82) is 0 Å². The Morgan fingerprint density at radius 1 is 0.917 bits per heavy atom. The summed E-state index contributed by atoms with van der Waals surface area (Å²) in [6, 6.07) is 10.00. The Morgan fingerprint density at radius 3 is 2.33 bits per heavy atom. The van der Waals surface area contributed by atoms with Gasteiger partial charge in [-0.15, -0.1) is 0 Å². The fourth-order valence-electron chi connectivity index (χ4n) is 2.44. The zero-order chi connectivity index (χ0) is 17.3. The molecule has 24 heavy (non-hydrogen) atoms. The number of azide groups is 2. The average Bonchev–Trinajstić information content (AvgIpc) is 2.62. The van der Waals surface area contributed by atoms with E-state index in [-0.39, 0.29) is 12.6 Å². The summed E-state index contributed by atoms with van der Waals surface area (Å²) in [6.45, 7) is 1.74. The molecular weight excluding hydrogens is 304 g/mol. The number of ether oxygens (including phenoxy) is 1. The molecule has 1 atom stereocenters. The molecule has 0 saturated carbocycles. The third-order valence-corrected chi connectivity index (χ3v) is 3.76. The van der Waals surface area contributed by atoms with E-state index in [9.17, 15) is 0 Å². The van der Waals surface area contributed by atoms with Crippen LogP contribution in [-0.2, 0) is 11.3 Å². The van der Waals surface area contributed by atoms with Crippen LogP contribution in [0.25, 0.3) is 20.9 Å². The molecule has 0 aromatic heterocycles. The van der Waals surface area contributed by atoms with Gasteiger partial charge in [0.05, 0.1) is 6.61 Å². The summed E-state index contributed by atoms with van der Waals surface area (Å²) in [6.07, 6.45) is 7.51. The van der Waals surface area contributed by atoms with Crippen LogP contribution in [0.3, 0.4) is 0 Å². The molecule has 7 nitrogen and oxygen atoms in total. The second kappa shape index (κ2) is 14.4. The Labute approximate surface area is 143 Å². The Morgan fingerprint density at radius 2 is 1.62 bits per heavy atom. The van der Waals surface area contributed by atoms with Gasteiger partial charge in [0.15, 0.2) is 0 Å². The highest BCUT2D eigenvalue weighted by Crippen LogP contribution is 2.11. The maximum atomic E-state index is 8.46. The monoisotopic (exact) mass is 330 g/mol. The Kier molecular flexibility index (Phi) is 11.9. The molecule has 0 radical (unpaired) electrons. The van der Waals surface area contributed by atoms with Crippen LogP contribution in [0.5, 0.6) is 0 Å². The van der Waals surface area contributed by atoms with Crippen molar-refractivity contribution in [2.45, 2.75) is 57.6 Å². The van der Waals surface area contributed by atoms with Gasteiger partial charge in [0, 0.05) is 29.0 Å². The van der Waals surface area contributed by atoms with E-state index in [0.717, 1.165) is 32.3 Å². The molecule has 0 spiro atoms. The number of nitrogens with zero attached hydrogens (tertiary/aromatic N) is 6. The van der Waals surface area contributed by atoms with Crippen molar-refractivity contribution < 1.29 is 4.74 Å². The van der Waals surface area contributed by atoms with E-state index in [1.807, 2.05) is 18.2 Å². The van der Waals surface area contributed by atoms with E-state index >= 15 is 0 Å². The molecule has 0 aliphatic carbocycles. The first kappa shape index (κ1) is 19.8. The second-order valence-electron chi connectivity index (χ2n) is 5.72. The summed E-state index contributed by atoms with van der Waals surface area (Å²) in [5, 5.41) is 7.12. The quantitative estimate of drug-likeness (QED) is 0.179. The first-order chi connectivity index (χ1) is 11.9. The summed E-state index contributed by atoms with van der Waals surface area (Å²) in [5.74, 6) is 0. The third kappa shape index (κ3) is 10.5. The van der Waals surface area contributed by atoms with Crippen LogP contribution >= 0.6 is 0 Å². The van der Waals surface area contributed by atoms with E-state index in [1.165, 1.54) is 24.8 Å². The maximum Gasteiger partial charge on any atom is 0.0716 e. The molecule has 0 heterocycles. The minimum Gasteiger partial charge on any atom is -0.377 e. The normalized spacial score (nSPS) is 11.3. The lowest BCUT2D eigenvalue weighted by molar-refractivity contribution is 0.116. The Balaban J connectivity index is 1.92. The van der Waals surface area contributed by atoms with Gasteiger partial charge in [-0.1, -0.05) is 72.7 Å². The van der Waals surface area contributed by atoms with Gasteiger partial charge in [0.1, 0.15) is 0 Å². The molecule has 0 N–H and O–H groups in total. The van der Waals surface area contributed by atoms with Crippen LogP contribution in [0.1, 0.15) is 50.5 Å². The van der Waals surface area contributed by atoms with Gasteiger partial charge in [0.2, 0.25) is 0 Å². The van der Waals surface area contributed by atoms with Crippen molar-refractivity contribution in [2.75, 3.05) is 13.2 Å². The minimum atomic E-state index is -0.211. The first-order valence-electron chi connectivity index (χ1n) is 8.53. The molecule has 1 aromatic rings. The largest absolute Gasteiger partial charge is 0.377 e. The van der Waals surface area contributed by atoms with Crippen LogP contribution in [-0.4, -0.2) is 19.2 Å². The predicted octanol–water partition coefficient (Wildman–Crippen LogP) is 5.92. The van der Waals surface area contributed by atoms with Crippen molar-refractivity contribution in [2.24, 2.45) is 10.2 Å². The topological polar surface area (TPSA) is 107 Å². The van der Waals surface area contributed by atoms with Gasteiger partial charge in [-0.3, -0.25) is 0 Å². The lowest BCUT2D eigenvalue weighted by Gasteiger charge is -2.07. The molecule has 0 fully saturated rings. The zero-order valence-electron chi connectivity index (χ0n) is 14.1. The highest BCUT2D eigenvalue weighted by molar-refractivity contribution is 5.13. The van der Waals surface area contributed by atoms with Crippen molar-refractivity contribution >= 4 is 0 Å². The van der Waals surface area contributed by atoms with E-state index in [1.54, 1.807) is 0 Å². The molecule has 0 aliphatic heterocycles. The second-order valence-corrected chi connectivity index (χ2v) is 5.72. The summed E-state index contributed by atoms with van der Waals surface area (Å²) in [4.78, 5) is 5.50. The van der Waals surface area contributed by atoms with E-state index in [2.05, 4.69) is 32.2 Å². The van der Waals surface area contributed by atoms with Crippen molar-refractivity contribution in [3.05, 3.63) is 56.8 Å². The number of hydrogen-bond donors (Lipinski definition) is 0. The van der Waals surface area contributed by atoms with Crippen LogP contribution in [0, 0.1) is 0 Å². The van der Waals surface area contributed by atoms with Crippen molar-refractivity contribution in [3.8, 4) is 0 Å². The van der Waals surface area contributed by atoms with E-state index < -0.39 is 0 Å². The molecule has 0 bridgehead atoms. The zero-order valence-corrected chi connectivity index (χ0v) is 14.1. The van der Waals surface area contributed by atoms with Gasteiger partial charge >= 0.3 is 0 Å². The van der Waals surface area contributed by atoms with Crippen LogP contribution in [0.2, 0.25) is 0 Å². The summed E-state index contributed by atoms with van der Waals surface area (Å²) in [7, 11) is 0. The average molecular weight is 330 g/mol. The highest BCUT2D eigenvalue weighted by Gasteiger charge is 2.04. The predicted molar refractivity (Wildman–Crippen MR) is 95.4 cm³/mol. The van der Waals surface area contributed by atoms with E-state index in [0.29, 0.717) is 6.61 Å². The Hall–Kier alpha value is -2.20. The lowest BCUT2D eigenvalue weighted by atomic mass is 10.1. The van der Waals surface area contributed by atoms with E-state index in [4.69, 9.17) is 15.8 Å². The minimum absolute atomic E-state index is 0.211. The summed E-state index contributed by atoms with van der Waals surface area (Å²) < 4.78 is 5.66. The molecule has 0 amide bonds. The molecule has 0 aliphatic rings. The smallest absolute Gasteiger partial charge is 0.0716 e. The van der Waals surface area contributed by atoms with Gasteiger partial charge in [-0.25, -0.2) is 0 Å². The summed E-state index contributed by atoms with van der Waals surface area (Å²) >= 11 is 0. The summed E-state index contributed by atoms with van der Waals surface area (Å²) in [5.41, 5.74) is 18.0. The number of rotatable bonds is 14. The van der Waals surface area contributed by atoms with Crippen LogP contribution in [0.4, 0.5) is 0 Å². The number of hydrogen-bond acceptors (Lipinski definition) is 3. The molecule has 0 saturated heterocycles. The molecule has 1 aromatic carbocycles. The molecule has 1 unspecified atom stereocenters. The molecule has 7 heteroatoms. The molecule has 130 valence electrons. The lowest BCUT2D eigenvalue weighted by Crippen LogP contribution is -2.07. The highest BCUT2D eigenvalue weighted by atomic mass is 16.5. The number of benzene rings is 1. The van der Waals surface area contributed by atoms with Crippen molar-refractivity contribution in [3.63, 3.8) is 0 Å². The SMILES string of the molecule is [N-]=[N+]=NCC(CCCCCCCCOCc1ccccc1)N=[N+]=[N-]. The first-order valence-corrected chi connectivity index (χ1v) is 8.53. The van der Waals surface area contributed by atoms with Gasteiger partial charge in [-0.2, -0.15) is 0 Å². The fraction of sp³-hybridized carbons (Fsp3) is 0.647. The van der Waals surface area contributed by atoms with Crippen LogP contribution in [0.15, 0.2) is 40.6 Å². The maximum absolute atomic E-state index is 8.46. The fourth-order valence-corrected chi connectivity index (χ4v) is 2.44. The van der Waals surface area contributed by atoms with Gasteiger partial charge in [0.25, 0.3) is 0 Å². The number of unbranched alkanes of at least 4 members (excludes halogenated alkanes) is 5. The molecular formula is C17H26N6O. The standard InChI is InChI=1S/C17H26N6O/c18-22-20-14-17(21-23-19)12-8-3-1-2-4-9-13-24-15-16-10-6-5-7-11-16/h5-7,10-11,17H,1-4,8-9,12-15H2. The third-order valence-electron chi connectivity index (χ3n) is 3.76. The Bertz CT molecular complexity index is 523. The van der Waals surface area contributed by atoms with Crippen molar-refractivity contribution in [1.82, 2.24) is 0 Å². The molecule has 1 rings (SSSR count).